The van der Waals surface area contributed by atoms with Crippen molar-refractivity contribution in [1.29, 1.82) is 0 Å². The second-order valence-corrected chi connectivity index (χ2v) is 6.49. The Labute approximate surface area is 136 Å². The zero-order chi connectivity index (χ0) is 15.8. The van der Waals surface area contributed by atoms with Gasteiger partial charge in [-0.1, -0.05) is 36.4 Å². The molecule has 1 aliphatic rings. The fraction of sp³-hybridized carbons (Fsp3) is 0.300. The predicted molar refractivity (Wildman–Crippen MR) is 94.5 cm³/mol. The van der Waals surface area contributed by atoms with Crippen LogP contribution >= 0.6 is 0 Å². The van der Waals surface area contributed by atoms with Gasteiger partial charge in [-0.15, -0.1) is 0 Å². The zero-order valence-corrected chi connectivity index (χ0v) is 13.3. The molecule has 118 valence electrons. The van der Waals surface area contributed by atoms with E-state index in [-0.39, 0.29) is 6.10 Å². The van der Waals surface area contributed by atoms with E-state index in [2.05, 4.69) is 58.8 Å². The van der Waals surface area contributed by atoms with Crippen molar-refractivity contribution in [2.75, 3.05) is 6.54 Å². The third-order valence-corrected chi connectivity index (χ3v) is 4.74. The Hall–Kier alpha value is -2.10. The van der Waals surface area contributed by atoms with Crippen molar-refractivity contribution in [2.45, 2.75) is 31.9 Å². The van der Waals surface area contributed by atoms with Gasteiger partial charge in [-0.05, 0) is 48.6 Å². The quantitative estimate of drug-likeness (QED) is 0.687. The summed E-state index contributed by atoms with van der Waals surface area (Å²) in [6.45, 7) is 2.45. The number of nitrogens with one attached hydrogen (secondary N) is 2. The Morgan fingerprint density at radius 1 is 1.17 bits per heavy atom. The summed E-state index contributed by atoms with van der Waals surface area (Å²) in [5, 5.41) is 14.3. The van der Waals surface area contributed by atoms with E-state index in [4.69, 9.17) is 0 Å². The number of hydrogen-bond donors (Lipinski definition) is 3. The van der Waals surface area contributed by atoms with E-state index in [1.807, 2.05) is 6.92 Å². The second-order valence-electron chi connectivity index (χ2n) is 6.49. The zero-order valence-electron chi connectivity index (χ0n) is 13.3. The van der Waals surface area contributed by atoms with Gasteiger partial charge >= 0.3 is 0 Å². The molecule has 3 aromatic rings. The fourth-order valence-electron chi connectivity index (χ4n) is 3.60. The molecule has 0 bridgehead atoms. The standard InChI is InChI=1S/C20H22N2O/c1-13(23)12-21-19-10-8-16-17-11-15(14-5-3-2-4-6-14)7-9-18(17)22-20(16)19/h2-7,9,11,13,19,21-23H,8,10,12H2,1H3/t13-,19?/m0/s1. The van der Waals surface area contributed by atoms with E-state index in [0.29, 0.717) is 12.6 Å². The van der Waals surface area contributed by atoms with Crippen LogP contribution in [0.5, 0.6) is 0 Å². The monoisotopic (exact) mass is 306 g/mol. The van der Waals surface area contributed by atoms with Gasteiger partial charge in [-0.25, -0.2) is 0 Å². The van der Waals surface area contributed by atoms with E-state index in [1.54, 1.807) is 0 Å². The highest BCUT2D eigenvalue weighted by atomic mass is 16.3. The van der Waals surface area contributed by atoms with E-state index in [0.717, 1.165) is 12.8 Å². The third kappa shape index (κ3) is 2.67. The van der Waals surface area contributed by atoms with Gasteiger partial charge in [0, 0.05) is 29.2 Å². The summed E-state index contributed by atoms with van der Waals surface area (Å²) in [6, 6.07) is 17.5. The molecule has 3 N–H and O–H groups in total. The number of fused-ring (bicyclic) bond motifs is 3. The molecule has 0 fully saturated rings. The summed E-state index contributed by atoms with van der Waals surface area (Å²) in [5.74, 6) is 0. The molecule has 1 aliphatic carbocycles. The van der Waals surface area contributed by atoms with Gasteiger partial charge in [-0.3, -0.25) is 0 Å². The van der Waals surface area contributed by atoms with Gasteiger partial charge in [0.2, 0.25) is 0 Å². The summed E-state index contributed by atoms with van der Waals surface area (Å²) in [7, 11) is 0. The van der Waals surface area contributed by atoms with E-state index >= 15 is 0 Å². The smallest absolute Gasteiger partial charge is 0.0636 e. The average molecular weight is 306 g/mol. The van der Waals surface area contributed by atoms with Crippen LogP contribution in [0.4, 0.5) is 0 Å². The highest BCUT2D eigenvalue weighted by molar-refractivity contribution is 5.89. The Bertz CT molecular complexity index is 820. The Morgan fingerprint density at radius 3 is 2.78 bits per heavy atom. The van der Waals surface area contributed by atoms with Crippen molar-refractivity contribution in [2.24, 2.45) is 0 Å². The Morgan fingerprint density at radius 2 is 2.00 bits per heavy atom. The summed E-state index contributed by atoms with van der Waals surface area (Å²) < 4.78 is 0. The molecule has 0 saturated carbocycles. The number of benzene rings is 2. The third-order valence-electron chi connectivity index (χ3n) is 4.74. The van der Waals surface area contributed by atoms with Crippen molar-refractivity contribution < 1.29 is 5.11 Å². The van der Waals surface area contributed by atoms with Crippen molar-refractivity contribution in [3.8, 4) is 11.1 Å². The van der Waals surface area contributed by atoms with Gasteiger partial charge in [0.1, 0.15) is 0 Å². The first-order valence-electron chi connectivity index (χ1n) is 8.34. The second kappa shape index (κ2) is 5.84. The first-order valence-corrected chi connectivity index (χ1v) is 8.34. The minimum Gasteiger partial charge on any atom is -0.392 e. The van der Waals surface area contributed by atoms with Crippen LogP contribution in [0.3, 0.4) is 0 Å². The lowest BCUT2D eigenvalue weighted by Gasteiger charge is -2.13. The van der Waals surface area contributed by atoms with Crippen molar-refractivity contribution >= 4 is 10.9 Å². The van der Waals surface area contributed by atoms with Crippen LogP contribution in [0.1, 0.15) is 30.6 Å². The van der Waals surface area contributed by atoms with Gasteiger partial charge < -0.3 is 15.4 Å². The normalized spacial score (nSPS) is 18.3. The number of aromatic nitrogens is 1. The molecule has 0 amide bonds. The molecular weight excluding hydrogens is 284 g/mol. The molecule has 23 heavy (non-hydrogen) atoms. The fourth-order valence-corrected chi connectivity index (χ4v) is 3.60. The molecule has 0 radical (unpaired) electrons. The molecule has 1 aromatic heterocycles. The van der Waals surface area contributed by atoms with E-state index in [1.165, 1.54) is 33.3 Å². The Kier molecular flexibility index (Phi) is 3.68. The number of aromatic amines is 1. The highest BCUT2D eigenvalue weighted by Crippen LogP contribution is 2.37. The summed E-state index contributed by atoms with van der Waals surface area (Å²) >= 11 is 0. The van der Waals surface area contributed by atoms with Crippen LogP contribution in [0.15, 0.2) is 48.5 Å². The molecule has 0 saturated heterocycles. The van der Waals surface area contributed by atoms with E-state index in [9.17, 15) is 5.11 Å². The summed E-state index contributed by atoms with van der Waals surface area (Å²) in [5.41, 5.74) is 6.45. The molecule has 1 heterocycles. The molecular formula is C20H22N2O. The van der Waals surface area contributed by atoms with Gasteiger partial charge in [0.05, 0.1) is 6.10 Å². The largest absolute Gasteiger partial charge is 0.392 e. The Balaban J connectivity index is 1.71. The number of aliphatic hydroxyl groups is 1. The predicted octanol–water partition coefficient (Wildman–Crippen LogP) is 3.79. The molecule has 0 spiro atoms. The van der Waals surface area contributed by atoms with Gasteiger partial charge in [-0.2, -0.15) is 0 Å². The minimum atomic E-state index is -0.312. The lowest BCUT2D eigenvalue weighted by molar-refractivity contribution is 0.186. The number of rotatable bonds is 4. The molecule has 0 aliphatic heterocycles. The minimum absolute atomic E-state index is 0.312. The molecule has 4 rings (SSSR count). The molecule has 2 atom stereocenters. The number of hydrogen-bond acceptors (Lipinski definition) is 2. The summed E-state index contributed by atoms with van der Waals surface area (Å²) in [4.78, 5) is 3.58. The van der Waals surface area contributed by atoms with Crippen LogP contribution in [0, 0.1) is 0 Å². The van der Waals surface area contributed by atoms with Crippen LogP contribution in [-0.2, 0) is 6.42 Å². The molecule has 3 heteroatoms. The van der Waals surface area contributed by atoms with Crippen LogP contribution < -0.4 is 5.32 Å². The van der Waals surface area contributed by atoms with Crippen molar-refractivity contribution in [1.82, 2.24) is 10.3 Å². The number of H-pyrrole nitrogens is 1. The first-order chi connectivity index (χ1) is 11.2. The SMILES string of the molecule is C[C@H](O)CNC1CCc2c1[nH]c1ccc(-c3ccccc3)cc21. The molecule has 2 aromatic carbocycles. The maximum absolute atomic E-state index is 9.49. The molecule has 1 unspecified atom stereocenters. The van der Waals surface area contributed by atoms with E-state index < -0.39 is 0 Å². The van der Waals surface area contributed by atoms with Crippen LogP contribution in [0.2, 0.25) is 0 Å². The topological polar surface area (TPSA) is 48.0 Å². The van der Waals surface area contributed by atoms with Gasteiger partial charge in [0.15, 0.2) is 0 Å². The number of aliphatic hydroxyl groups excluding tert-OH is 1. The summed E-state index contributed by atoms with van der Waals surface area (Å²) in [6.07, 6.45) is 1.87. The van der Waals surface area contributed by atoms with Crippen molar-refractivity contribution in [3.63, 3.8) is 0 Å². The van der Waals surface area contributed by atoms with Crippen LogP contribution in [0.25, 0.3) is 22.0 Å². The number of aryl methyl sites for hydroxylation is 1. The lowest BCUT2D eigenvalue weighted by Crippen LogP contribution is -2.27. The highest BCUT2D eigenvalue weighted by Gasteiger charge is 2.26. The first kappa shape index (κ1) is 14.5. The lowest BCUT2D eigenvalue weighted by atomic mass is 10.0. The van der Waals surface area contributed by atoms with Crippen molar-refractivity contribution in [3.05, 3.63) is 59.8 Å². The molecule has 3 nitrogen and oxygen atoms in total. The average Bonchev–Trinajstić information content (AvgIpc) is 3.12. The van der Waals surface area contributed by atoms with Crippen LogP contribution in [-0.4, -0.2) is 22.7 Å². The van der Waals surface area contributed by atoms with Gasteiger partial charge in [0.25, 0.3) is 0 Å². The maximum atomic E-state index is 9.49. The maximum Gasteiger partial charge on any atom is 0.0636 e.